The van der Waals surface area contributed by atoms with E-state index in [1.165, 1.54) is 11.8 Å². The fourth-order valence-electron chi connectivity index (χ4n) is 3.10. The van der Waals surface area contributed by atoms with Gasteiger partial charge in [-0.3, -0.25) is 9.69 Å². The van der Waals surface area contributed by atoms with E-state index in [0.29, 0.717) is 30.8 Å². The first-order valence-corrected chi connectivity index (χ1v) is 10.7. The van der Waals surface area contributed by atoms with E-state index in [4.69, 9.17) is 39.8 Å². The number of thiocarbonyl (C=S) groups is 1. The molecule has 2 aromatic carbocycles. The minimum Gasteiger partial charge on any atom is -0.457 e. The number of anilines is 1. The van der Waals surface area contributed by atoms with Crippen LogP contribution in [0.4, 0.5) is 5.69 Å². The van der Waals surface area contributed by atoms with Crippen molar-refractivity contribution < 1.29 is 9.21 Å². The summed E-state index contributed by atoms with van der Waals surface area (Å²) in [4.78, 5) is 15.1. The zero-order valence-corrected chi connectivity index (χ0v) is 18.7. The first-order valence-electron chi connectivity index (χ1n) is 8.74. The molecule has 0 bridgehead atoms. The van der Waals surface area contributed by atoms with Crippen LogP contribution in [-0.4, -0.2) is 10.2 Å². The molecule has 1 aromatic heterocycles. The van der Waals surface area contributed by atoms with Gasteiger partial charge in [0.25, 0.3) is 5.91 Å². The second kappa shape index (κ2) is 8.00. The summed E-state index contributed by atoms with van der Waals surface area (Å²) in [5.41, 5.74) is 3.75. The van der Waals surface area contributed by atoms with Gasteiger partial charge in [-0.1, -0.05) is 64.9 Å². The smallest absolute Gasteiger partial charge is 0.270 e. The van der Waals surface area contributed by atoms with Crippen molar-refractivity contribution in [1.29, 1.82) is 0 Å². The van der Waals surface area contributed by atoms with Crippen molar-refractivity contribution >= 4 is 69.2 Å². The molecule has 1 amide bonds. The van der Waals surface area contributed by atoms with E-state index in [9.17, 15) is 4.79 Å². The van der Waals surface area contributed by atoms with Crippen LogP contribution in [0.5, 0.6) is 0 Å². The standard InChI is InChI=1S/C22H15Cl2NO2S2/c1-12-3-7-18(13(2)9-12)25-21(26)20(29-22(25)28)11-15-5-8-19(27-15)14-4-6-16(23)17(24)10-14/h3-11H,1-2H3/b20-11-. The van der Waals surface area contributed by atoms with Gasteiger partial charge in [0.2, 0.25) is 0 Å². The number of halogens is 2. The van der Waals surface area contributed by atoms with E-state index >= 15 is 0 Å². The van der Waals surface area contributed by atoms with Crippen LogP contribution in [0.1, 0.15) is 16.9 Å². The molecule has 3 aromatic rings. The summed E-state index contributed by atoms with van der Waals surface area (Å²) < 4.78 is 6.39. The summed E-state index contributed by atoms with van der Waals surface area (Å²) in [6.07, 6.45) is 1.71. The van der Waals surface area contributed by atoms with Crippen molar-refractivity contribution in [2.75, 3.05) is 4.90 Å². The van der Waals surface area contributed by atoms with Crippen LogP contribution in [0.15, 0.2) is 57.9 Å². The van der Waals surface area contributed by atoms with Crippen molar-refractivity contribution in [3.63, 3.8) is 0 Å². The van der Waals surface area contributed by atoms with Crippen LogP contribution in [0.2, 0.25) is 10.0 Å². The molecule has 1 saturated heterocycles. The van der Waals surface area contributed by atoms with Crippen LogP contribution in [0.25, 0.3) is 17.4 Å². The third-order valence-electron chi connectivity index (χ3n) is 4.49. The molecule has 29 heavy (non-hydrogen) atoms. The molecule has 0 spiro atoms. The molecule has 1 aliphatic heterocycles. The molecule has 0 saturated carbocycles. The fourth-order valence-corrected chi connectivity index (χ4v) is 4.66. The van der Waals surface area contributed by atoms with Crippen LogP contribution in [0.3, 0.4) is 0 Å². The van der Waals surface area contributed by atoms with Gasteiger partial charge in [-0.15, -0.1) is 0 Å². The number of aryl methyl sites for hydroxylation is 2. The zero-order chi connectivity index (χ0) is 20.7. The Morgan fingerprint density at radius 1 is 1.03 bits per heavy atom. The molecule has 146 valence electrons. The van der Waals surface area contributed by atoms with E-state index in [1.54, 1.807) is 23.1 Å². The molecule has 1 fully saturated rings. The number of nitrogens with zero attached hydrogens (tertiary/aromatic N) is 1. The maximum Gasteiger partial charge on any atom is 0.270 e. The highest BCUT2D eigenvalue weighted by Gasteiger charge is 2.34. The highest BCUT2D eigenvalue weighted by atomic mass is 35.5. The van der Waals surface area contributed by atoms with Gasteiger partial charge in [-0.25, -0.2) is 0 Å². The van der Waals surface area contributed by atoms with Gasteiger partial charge in [-0.05, 0) is 55.8 Å². The largest absolute Gasteiger partial charge is 0.457 e. The lowest BCUT2D eigenvalue weighted by atomic mass is 10.1. The molecule has 0 aliphatic carbocycles. The Kier molecular flexibility index (Phi) is 5.58. The first kappa shape index (κ1) is 20.2. The Morgan fingerprint density at radius 2 is 1.83 bits per heavy atom. The maximum atomic E-state index is 13.0. The Morgan fingerprint density at radius 3 is 2.55 bits per heavy atom. The molecular weight excluding hydrogens is 445 g/mol. The minimum absolute atomic E-state index is 0.153. The monoisotopic (exact) mass is 459 g/mol. The third-order valence-corrected chi connectivity index (χ3v) is 6.53. The number of carbonyl (C=O) groups is 1. The average molecular weight is 460 g/mol. The molecule has 0 N–H and O–H groups in total. The van der Waals surface area contributed by atoms with Crippen LogP contribution in [0, 0.1) is 13.8 Å². The SMILES string of the molecule is Cc1ccc(N2C(=O)/C(=C/c3ccc(-c4ccc(Cl)c(Cl)c4)o3)SC2=S)c(C)c1. The van der Waals surface area contributed by atoms with Gasteiger partial charge in [0, 0.05) is 11.6 Å². The summed E-state index contributed by atoms with van der Waals surface area (Å²) in [6.45, 7) is 3.99. The van der Waals surface area contributed by atoms with Crippen molar-refractivity contribution in [2.45, 2.75) is 13.8 Å². The molecule has 4 rings (SSSR count). The Labute approximate surface area is 188 Å². The van der Waals surface area contributed by atoms with Crippen molar-refractivity contribution in [3.8, 4) is 11.3 Å². The number of rotatable bonds is 3. The van der Waals surface area contributed by atoms with Gasteiger partial charge < -0.3 is 4.42 Å². The predicted octanol–water partition coefficient (Wildman–Crippen LogP) is 7.28. The third kappa shape index (κ3) is 4.01. The van der Waals surface area contributed by atoms with E-state index in [2.05, 4.69) is 0 Å². The average Bonchev–Trinajstić information content (AvgIpc) is 3.23. The molecule has 0 unspecified atom stereocenters. The molecule has 0 radical (unpaired) electrons. The topological polar surface area (TPSA) is 33.5 Å². The quantitative estimate of drug-likeness (QED) is 0.304. The summed E-state index contributed by atoms with van der Waals surface area (Å²) in [5, 5.41) is 0.939. The number of thioether (sulfide) groups is 1. The van der Waals surface area contributed by atoms with Crippen LogP contribution in [-0.2, 0) is 4.79 Å². The lowest BCUT2D eigenvalue weighted by Gasteiger charge is -2.17. The highest BCUT2D eigenvalue weighted by molar-refractivity contribution is 8.27. The lowest BCUT2D eigenvalue weighted by molar-refractivity contribution is -0.113. The number of amides is 1. The minimum atomic E-state index is -0.153. The lowest BCUT2D eigenvalue weighted by Crippen LogP contribution is -2.28. The van der Waals surface area contributed by atoms with E-state index in [0.717, 1.165) is 22.4 Å². The summed E-state index contributed by atoms with van der Waals surface area (Å²) in [5.74, 6) is 1.05. The normalized spacial score (nSPS) is 15.6. The van der Waals surface area contributed by atoms with Gasteiger partial charge in [0.15, 0.2) is 4.32 Å². The molecule has 0 atom stereocenters. The number of carbonyl (C=O) groups excluding carboxylic acids is 1. The van der Waals surface area contributed by atoms with E-state index in [1.807, 2.05) is 50.2 Å². The summed E-state index contributed by atoms with van der Waals surface area (Å²) in [7, 11) is 0. The summed E-state index contributed by atoms with van der Waals surface area (Å²) >= 11 is 18.8. The van der Waals surface area contributed by atoms with Crippen molar-refractivity contribution in [2.24, 2.45) is 0 Å². The molecule has 1 aliphatic rings. The van der Waals surface area contributed by atoms with Crippen LogP contribution < -0.4 is 4.90 Å². The predicted molar refractivity (Wildman–Crippen MR) is 126 cm³/mol. The Hall–Kier alpha value is -2.05. The van der Waals surface area contributed by atoms with Crippen LogP contribution >= 0.6 is 47.2 Å². The van der Waals surface area contributed by atoms with Gasteiger partial charge in [0.05, 0.1) is 20.6 Å². The highest BCUT2D eigenvalue weighted by Crippen LogP contribution is 2.38. The molecule has 3 nitrogen and oxygen atoms in total. The Balaban J connectivity index is 1.62. The number of hydrogen-bond donors (Lipinski definition) is 0. The van der Waals surface area contributed by atoms with E-state index < -0.39 is 0 Å². The second-order valence-electron chi connectivity index (χ2n) is 6.64. The van der Waals surface area contributed by atoms with Gasteiger partial charge >= 0.3 is 0 Å². The van der Waals surface area contributed by atoms with Gasteiger partial charge in [0.1, 0.15) is 11.5 Å². The molecule has 2 heterocycles. The second-order valence-corrected chi connectivity index (χ2v) is 9.13. The number of furan rings is 1. The zero-order valence-electron chi connectivity index (χ0n) is 15.5. The Bertz CT molecular complexity index is 1180. The first-order chi connectivity index (χ1) is 13.8. The maximum absolute atomic E-state index is 13.0. The van der Waals surface area contributed by atoms with Gasteiger partial charge in [-0.2, -0.15) is 0 Å². The fraction of sp³-hybridized carbons (Fsp3) is 0.0909. The summed E-state index contributed by atoms with van der Waals surface area (Å²) in [6, 6.07) is 14.9. The van der Waals surface area contributed by atoms with Crippen molar-refractivity contribution in [3.05, 3.63) is 80.4 Å². The van der Waals surface area contributed by atoms with Crippen molar-refractivity contribution in [1.82, 2.24) is 0 Å². The molecular formula is C22H15Cl2NO2S2. The number of hydrogen-bond acceptors (Lipinski definition) is 4. The molecule has 7 heteroatoms. The number of benzene rings is 2. The van der Waals surface area contributed by atoms with E-state index in [-0.39, 0.29) is 5.91 Å².